The van der Waals surface area contributed by atoms with Crippen molar-refractivity contribution in [2.24, 2.45) is 0 Å². The van der Waals surface area contributed by atoms with Crippen LogP contribution in [0, 0.1) is 0 Å². The van der Waals surface area contributed by atoms with E-state index >= 15 is 0 Å². The van der Waals surface area contributed by atoms with Gasteiger partial charge < -0.3 is 29.5 Å². The molecule has 2 aromatic carbocycles. The lowest BCUT2D eigenvalue weighted by molar-refractivity contribution is -0.131. The summed E-state index contributed by atoms with van der Waals surface area (Å²) in [5.74, 6) is 2.06. The maximum Gasteiger partial charge on any atom is 0.318 e. The molecular formula is C29H34N6O4. The second-order valence-corrected chi connectivity index (χ2v) is 9.64. The van der Waals surface area contributed by atoms with Gasteiger partial charge in [-0.3, -0.25) is 4.79 Å². The third-order valence-electron chi connectivity index (χ3n) is 6.84. The number of rotatable bonds is 8. The van der Waals surface area contributed by atoms with Crippen LogP contribution in [0.4, 0.5) is 10.6 Å². The zero-order valence-electron chi connectivity index (χ0n) is 22.2. The highest BCUT2D eigenvalue weighted by atomic mass is 16.7. The molecule has 0 radical (unpaired) electrons. The van der Waals surface area contributed by atoms with Crippen molar-refractivity contribution < 1.29 is 19.1 Å². The number of ether oxygens (including phenoxy) is 2. The first-order chi connectivity index (χ1) is 19.1. The van der Waals surface area contributed by atoms with Crippen molar-refractivity contribution in [3.8, 4) is 22.8 Å². The van der Waals surface area contributed by atoms with Gasteiger partial charge in [0, 0.05) is 44.8 Å². The predicted octanol–water partition coefficient (Wildman–Crippen LogP) is 3.53. The zero-order valence-corrected chi connectivity index (χ0v) is 22.2. The molecule has 3 aromatic rings. The van der Waals surface area contributed by atoms with Crippen molar-refractivity contribution in [1.82, 2.24) is 25.3 Å². The molecule has 3 amide bonds. The quantitative estimate of drug-likeness (QED) is 0.476. The van der Waals surface area contributed by atoms with Crippen molar-refractivity contribution in [3.05, 3.63) is 66.2 Å². The number of carbonyl (C=O) groups excluding carboxylic acids is 2. The number of anilines is 1. The lowest BCUT2D eigenvalue weighted by atomic mass is 10.1. The van der Waals surface area contributed by atoms with E-state index in [0.717, 1.165) is 42.0 Å². The van der Waals surface area contributed by atoms with Gasteiger partial charge in [-0.05, 0) is 42.7 Å². The third-order valence-corrected chi connectivity index (χ3v) is 6.84. The first-order valence-corrected chi connectivity index (χ1v) is 13.4. The number of hydrogen-bond donors (Lipinski definition) is 1. The van der Waals surface area contributed by atoms with Gasteiger partial charge in [-0.2, -0.15) is 0 Å². The second kappa shape index (κ2) is 12.5. The molecule has 204 valence electrons. The van der Waals surface area contributed by atoms with Crippen LogP contribution in [-0.4, -0.2) is 78.0 Å². The van der Waals surface area contributed by atoms with E-state index in [1.807, 2.05) is 72.5 Å². The van der Waals surface area contributed by atoms with Crippen LogP contribution in [0.2, 0.25) is 0 Å². The Kier molecular flexibility index (Phi) is 8.40. The molecule has 0 aliphatic carbocycles. The van der Waals surface area contributed by atoms with Crippen LogP contribution < -0.4 is 19.7 Å². The highest BCUT2D eigenvalue weighted by Gasteiger charge is 2.25. The van der Waals surface area contributed by atoms with Crippen molar-refractivity contribution >= 4 is 17.8 Å². The van der Waals surface area contributed by atoms with Crippen molar-refractivity contribution in [2.45, 2.75) is 26.3 Å². The maximum atomic E-state index is 13.4. The van der Waals surface area contributed by atoms with E-state index in [-0.39, 0.29) is 25.3 Å². The molecular weight excluding hydrogens is 496 g/mol. The number of urea groups is 1. The molecule has 2 aliphatic rings. The molecule has 1 aromatic heterocycles. The van der Waals surface area contributed by atoms with Gasteiger partial charge >= 0.3 is 6.03 Å². The average molecular weight is 531 g/mol. The third kappa shape index (κ3) is 6.57. The van der Waals surface area contributed by atoms with Crippen LogP contribution in [0.15, 0.2) is 60.7 Å². The smallest absolute Gasteiger partial charge is 0.318 e. The van der Waals surface area contributed by atoms with Crippen molar-refractivity contribution in [1.29, 1.82) is 0 Å². The van der Waals surface area contributed by atoms with Crippen LogP contribution in [-0.2, 0) is 11.3 Å². The molecule has 1 fully saturated rings. The molecule has 0 spiro atoms. The highest BCUT2D eigenvalue weighted by molar-refractivity contribution is 5.84. The van der Waals surface area contributed by atoms with Crippen LogP contribution in [0.25, 0.3) is 11.3 Å². The fourth-order valence-electron chi connectivity index (χ4n) is 4.72. The molecule has 2 aliphatic heterocycles. The van der Waals surface area contributed by atoms with Crippen LogP contribution in [0.5, 0.6) is 11.5 Å². The fourth-order valence-corrected chi connectivity index (χ4v) is 4.72. The molecule has 10 heteroatoms. The van der Waals surface area contributed by atoms with Gasteiger partial charge in [-0.1, -0.05) is 43.3 Å². The molecule has 0 bridgehead atoms. The first-order valence-electron chi connectivity index (χ1n) is 13.4. The summed E-state index contributed by atoms with van der Waals surface area (Å²) in [4.78, 5) is 31.9. The lowest BCUT2D eigenvalue weighted by Gasteiger charge is -2.27. The summed E-state index contributed by atoms with van der Waals surface area (Å²) in [6.07, 6.45) is 1.62. The lowest BCUT2D eigenvalue weighted by Crippen LogP contribution is -2.47. The average Bonchev–Trinajstić information content (AvgIpc) is 3.30. The molecule has 0 saturated carbocycles. The Morgan fingerprint density at radius 1 is 0.949 bits per heavy atom. The molecule has 10 nitrogen and oxygen atoms in total. The Bertz CT molecular complexity index is 1270. The van der Waals surface area contributed by atoms with Gasteiger partial charge in [0.2, 0.25) is 12.7 Å². The largest absolute Gasteiger partial charge is 0.454 e. The predicted molar refractivity (Wildman–Crippen MR) is 148 cm³/mol. The number of hydrogen-bond acceptors (Lipinski definition) is 7. The Morgan fingerprint density at radius 2 is 1.79 bits per heavy atom. The van der Waals surface area contributed by atoms with E-state index < -0.39 is 0 Å². The Morgan fingerprint density at radius 3 is 2.59 bits per heavy atom. The zero-order chi connectivity index (χ0) is 27.0. The number of aromatic nitrogens is 2. The van der Waals surface area contributed by atoms with E-state index in [0.29, 0.717) is 44.2 Å². The van der Waals surface area contributed by atoms with Gasteiger partial charge in [0.25, 0.3) is 0 Å². The summed E-state index contributed by atoms with van der Waals surface area (Å²) in [6.45, 7) is 5.62. The van der Waals surface area contributed by atoms with Crippen molar-refractivity contribution in [3.63, 3.8) is 0 Å². The molecule has 1 saturated heterocycles. The van der Waals surface area contributed by atoms with Gasteiger partial charge in [-0.25, -0.2) is 4.79 Å². The maximum absolute atomic E-state index is 13.4. The number of amides is 3. The minimum absolute atomic E-state index is 0.00440. The normalized spacial score (nSPS) is 14.6. The summed E-state index contributed by atoms with van der Waals surface area (Å²) in [5.41, 5.74) is 2.73. The summed E-state index contributed by atoms with van der Waals surface area (Å²) in [6, 6.07) is 19.3. The first kappa shape index (κ1) is 26.3. The number of fused-ring (bicyclic) bond motifs is 1. The fraction of sp³-hybridized carbons (Fsp3) is 0.379. The number of carbonyl (C=O) groups is 2. The number of nitrogens with one attached hydrogen (secondary N) is 1. The minimum Gasteiger partial charge on any atom is -0.454 e. The van der Waals surface area contributed by atoms with E-state index in [1.54, 1.807) is 4.90 Å². The topological polar surface area (TPSA) is 100 Å². The Balaban J connectivity index is 1.21. The molecule has 0 atom stereocenters. The summed E-state index contributed by atoms with van der Waals surface area (Å²) >= 11 is 0. The second-order valence-electron chi connectivity index (χ2n) is 9.64. The summed E-state index contributed by atoms with van der Waals surface area (Å²) in [7, 11) is 0. The van der Waals surface area contributed by atoms with E-state index in [2.05, 4.69) is 20.4 Å². The van der Waals surface area contributed by atoms with E-state index in [9.17, 15) is 9.59 Å². The standard InChI is InChI=1S/C29H34N6O4/c1-2-13-30-29(37)35(19-22-9-11-25-26(18-22)39-21-38-25)20-28(36)34-15-6-14-33(16-17-34)27-12-10-24(31-32-27)23-7-4-3-5-8-23/h3-5,7-12,18H,2,6,13-17,19-21H2,1H3,(H,30,37). The molecule has 3 heterocycles. The van der Waals surface area contributed by atoms with Gasteiger partial charge in [0.1, 0.15) is 6.54 Å². The van der Waals surface area contributed by atoms with Crippen LogP contribution >= 0.6 is 0 Å². The SMILES string of the molecule is CCCNC(=O)N(CC(=O)N1CCCN(c2ccc(-c3ccccc3)nn2)CC1)Cc1ccc2c(c1)OCO2. The minimum atomic E-state index is -0.256. The summed E-state index contributed by atoms with van der Waals surface area (Å²) in [5, 5.41) is 11.8. The van der Waals surface area contributed by atoms with Gasteiger partial charge in [-0.15, -0.1) is 10.2 Å². The number of nitrogens with zero attached hydrogens (tertiary/aromatic N) is 5. The molecule has 0 unspecified atom stereocenters. The van der Waals surface area contributed by atoms with Gasteiger partial charge in [0.05, 0.1) is 5.69 Å². The van der Waals surface area contributed by atoms with Crippen molar-refractivity contribution in [2.75, 3.05) is 51.0 Å². The van der Waals surface area contributed by atoms with Crippen LogP contribution in [0.1, 0.15) is 25.3 Å². The molecule has 5 rings (SSSR count). The Labute approximate surface area is 228 Å². The molecule has 1 N–H and O–H groups in total. The number of benzene rings is 2. The monoisotopic (exact) mass is 530 g/mol. The van der Waals surface area contributed by atoms with Crippen LogP contribution in [0.3, 0.4) is 0 Å². The molecule has 39 heavy (non-hydrogen) atoms. The summed E-state index contributed by atoms with van der Waals surface area (Å²) < 4.78 is 10.9. The highest BCUT2D eigenvalue weighted by Crippen LogP contribution is 2.32. The Hall–Kier alpha value is -4.34. The van der Waals surface area contributed by atoms with E-state index in [4.69, 9.17) is 9.47 Å². The van der Waals surface area contributed by atoms with E-state index in [1.165, 1.54) is 0 Å². The van der Waals surface area contributed by atoms with Gasteiger partial charge in [0.15, 0.2) is 17.3 Å².